The monoisotopic (exact) mass is 296 g/mol. The summed E-state index contributed by atoms with van der Waals surface area (Å²) in [5, 5.41) is 17.4. The van der Waals surface area contributed by atoms with Crippen LogP contribution in [0.25, 0.3) is 0 Å². The van der Waals surface area contributed by atoms with Gasteiger partial charge in [0.05, 0.1) is 23.1 Å². The molecule has 3 N–H and O–H groups in total. The van der Waals surface area contributed by atoms with Crippen molar-refractivity contribution in [1.82, 2.24) is 9.97 Å². The molecule has 0 aliphatic rings. The topological polar surface area (TPSA) is 103 Å². The van der Waals surface area contributed by atoms with Gasteiger partial charge >= 0.3 is 6.03 Å². The molecule has 2 amide bonds. The fourth-order valence-electron chi connectivity index (χ4n) is 1.80. The maximum Gasteiger partial charge on any atom is 0.323 e. The molecule has 0 spiro atoms. The highest BCUT2D eigenvalue weighted by molar-refractivity contribution is 6.01. The number of nitriles is 1. The van der Waals surface area contributed by atoms with Gasteiger partial charge in [0.2, 0.25) is 0 Å². The van der Waals surface area contributed by atoms with Gasteiger partial charge < -0.3 is 16.0 Å². The third-order valence-electron chi connectivity index (χ3n) is 2.90. The summed E-state index contributed by atoms with van der Waals surface area (Å²) in [6, 6.07) is 4.95. The smallest absolute Gasteiger partial charge is 0.323 e. The average molecular weight is 296 g/mol. The third-order valence-corrected chi connectivity index (χ3v) is 2.90. The van der Waals surface area contributed by atoms with Crippen molar-refractivity contribution in [3.63, 3.8) is 0 Å². The van der Waals surface area contributed by atoms with E-state index in [4.69, 9.17) is 5.26 Å². The summed E-state index contributed by atoms with van der Waals surface area (Å²) in [6.07, 6.45) is 4.68. The summed E-state index contributed by atoms with van der Waals surface area (Å²) in [7, 11) is 0. The number of nitrogens with zero attached hydrogens (tertiary/aromatic N) is 3. The van der Waals surface area contributed by atoms with Crippen LogP contribution in [0.1, 0.15) is 18.1 Å². The summed E-state index contributed by atoms with van der Waals surface area (Å²) in [5.74, 6) is 0.513. The standard InChI is InChI=1S/C15H16N6O/c1-3-18-14-12(6-11(7-16)8-19-14)20-15(22)21-13-9-17-5-4-10(13)2/h4-6,8-9H,3H2,1-2H3,(H,18,19)(H2,20,21,22). The largest absolute Gasteiger partial charge is 0.369 e. The van der Waals surface area contributed by atoms with Crippen molar-refractivity contribution in [3.8, 4) is 6.07 Å². The number of pyridine rings is 2. The lowest BCUT2D eigenvalue weighted by atomic mass is 10.2. The molecule has 2 rings (SSSR count). The Morgan fingerprint density at radius 1 is 1.32 bits per heavy atom. The second-order valence-corrected chi connectivity index (χ2v) is 4.53. The highest BCUT2D eigenvalue weighted by Crippen LogP contribution is 2.20. The van der Waals surface area contributed by atoms with Gasteiger partial charge in [0.1, 0.15) is 11.9 Å². The fraction of sp³-hybridized carbons (Fsp3) is 0.200. The molecule has 0 fully saturated rings. The van der Waals surface area contributed by atoms with Gasteiger partial charge in [-0.1, -0.05) is 0 Å². The normalized spacial score (nSPS) is 9.68. The van der Waals surface area contributed by atoms with Gasteiger partial charge in [-0.25, -0.2) is 9.78 Å². The summed E-state index contributed by atoms with van der Waals surface area (Å²) in [5.41, 5.74) is 2.34. The molecule has 0 saturated heterocycles. The summed E-state index contributed by atoms with van der Waals surface area (Å²) in [6.45, 7) is 4.44. The molecular weight excluding hydrogens is 280 g/mol. The van der Waals surface area contributed by atoms with Gasteiger partial charge in [0, 0.05) is 18.9 Å². The number of hydrogen-bond acceptors (Lipinski definition) is 5. The van der Waals surface area contributed by atoms with E-state index in [1.807, 2.05) is 19.9 Å². The van der Waals surface area contributed by atoms with Crippen LogP contribution in [-0.4, -0.2) is 22.5 Å². The molecule has 112 valence electrons. The molecule has 0 atom stereocenters. The van der Waals surface area contributed by atoms with Crippen LogP contribution >= 0.6 is 0 Å². The Morgan fingerprint density at radius 3 is 2.77 bits per heavy atom. The molecule has 7 nitrogen and oxygen atoms in total. The molecule has 0 aliphatic carbocycles. The minimum atomic E-state index is -0.424. The predicted molar refractivity (Wildman–Crippen MR) is 84.7 cm³/mol. The van der Waals surface area contributed by atoms with Gasteiger partial charge in [-0.3, -0.25) is 4.98 Å². The molecule has 0 aromatic carbocycles. The molecule has 0 saturated carbocycles. The van der Waals surface area contributed by atoms with Gasteiger partial charge in [-0.05, 0) is 31.5 Å². The number of hydrogen-bond donors (Lipinski definition) is 3. The molecule has 2 aromatic rings. The quantitative estimate of drug-likeness (QED) is 0.805. The minimum absolute atomic E-state index is 0.370. The van der Waals surface area contributed by atoms with Crippen LogP contribution < -0.4 is 16.0 Å². The van der Waals surface area contributed by atoms with Crippen molar-refractivity contribution >= 4 is 23.2 Å². The number of nitrogens with one attached hydrogen (secondary N) is 3. The fourth-order valence-corrected chi connectivity index (χ4v) is 1.80. The van der Waals surface area contributed by atoms with Gasteiger partial charge in [-0.15, -0.1) is 0 Å². The number of amides is 2. The van der Waals surface area contributed by atoms with Crippen LogP contribution in [0.5, 0.6) is 0 Å². The molecule has 2 aromatic heterocycles. The highest BCUT2D eigenvalue weighted by atomic mass is 16.2. The van der Waals surface area contributed by atoms with E-state index in [9.17, 15) is 4.79 Å². The lowest BCUT2D eigenvalue weighted by molar-refractivity contribution is 0.262. The van der Waals surface area contributed by atoms with E-state index < -0.39 is 6.03 Å². The van der Waals surface area contributed by atoms with E-state index in [-0.39, 0.29) is 0 Å². The van der Waals surface area contributed by atoms with E-state index in [0.29, 0.717) is 29.3 Å². The van der Waals surface area contributed by atoms with Crippen LogP contribution in [0.15, 0.2) is 30.7 Å². The van der Waals surface area contributed by atoms with E-state index >= 15 is 0 Å². The Labute approximate surface area is 128 Å². The zero-order chi connectivity index (χ0) is 15.9. The van der Waals surface area contributed by atoms with E-state index in [1.165, 1.54) is 6.20 Å². The van der Waals surface area contributed by atoms with Crippen molar-refractivity contribution in [2.75, 3.05) is 22.5 Å². The van der Waals surface area contributed by atoms with Crippen molar-refractivity contribution in [2.24, 2.45) is 0 Å². The molecule has 7 heteroatoms. The van der Waals surface area contributed by atoms with Gasteiger partial charge in [0.25, 0.3) is 0 Å². The Bertz CT molecular complexity index is 722. The van der Waals surface area contributed by atoms with Crippen molar-refractivity contribution in [3.05, 3.63) is 41.9 Å². The average Bonchev–Trinajstić information content (AvgIpc) is 2.51. The molecule has 0 bridgehead atoms. The van der Waals surface area contributed by atoms with Crippen molar-refractivity contribution < 1.29 is 4.79 Å². The van der Waals surface area contributed by atoms with Gasteiger partial charge in [0.15, 0.2) is 0 Å². The first-order valence-corrected chi connectivity index (χ1v) is 6.76. The number of aryl methyl sites for hydroxylation is 1. The number of rotatable bonds is 4. The summed E-state index contributed by atoms with van der Waals surface area (Å²) < 4.78 is 0. The van der Waals surface area contributed by atoms with Crippen molar-refractivity contribution in [1.29, 1.82) is 5.26 Å². The Kier molecular flexibility index (Phi) is 4.88. The number of carbonyl (C=O) groups excluding carboxylic acids is 1. The van der Waals surface area contributed by atoms with Crippen LogP contribution in [0.4, 0.5) is 22.0 Å². The molecule has 22 heavy (non-hydrogen) atoms. The van der Waals surface area contributed by atoms with Crippen LogP contribution in [0, 0.1) is 18.3 Å². The Balaban J connectivity index is 2.17. The zero-order valence-electron chi connectivity index (χ0n) is 12.3. The molecule has 0 radical (unpaired) electrons. The lowest BCUT2D eigenvalue weighted by Crippen LogP contribution is -2.21. The molecule has 0 unspecified atom stereocenters. The van der Waals surface area contributed by atoms with Crippen molar-refractivity contribution in [2.45, 2.75) is 13.8 Å². The van der Waals surface area contributed by atoms with E-state index in [2.05, 4.69) is 25.9 Å². The number of carbonyl (C=O) groups is 1. The van der Waals surface area contributed by atoms with E-state index in [1.54, 1.807) is 24.5 Å². The SMILES string of the molecule is CCNc1ncc(C#N)cc1NC(=O)Nc1cnccc1C. The minimum Gasteiger partial charge on any atom is -0.369 e. The second-order valence-electron chi connectivity index (χ2n) is 4.53. The maximum absolute atomic E-state index is 12.1. The molecular formula is C15H16N6O. The zero-order valence-corrected chi connectivity index (χ0v) is 12.3. The van der Waals surface area contributed by atoms with Crippen LogP contribution in [0.2, 0.25) is 0 Å². The lowest BCUT2D eigenvalue weighted by Gasteiger charge is -2.13. The Hall–Kier alpha value is -3.14. The molecule has 2 heterocycles. The number of anilines is 3. The first-order chi connectivity index (χ1) is 10.6. The predicted octanol–water partition coefficient (Wildman–Crippen LogP) is 2.73. The Morgan fingerprint density at radius 2 is 2.09 bits per heavy atom. The summed E-state index contributed by atoms with van der Waals surface area (Å²) >= 11 is 0. The highest BCUT2D eigenvalue weighted by Gasteiger charge is 2.10. The first kappa shape index (κ1) is 15.3. The van der Waals surface area contributed by atoms with Gasteiger partial charge in [-0.2, -0.15) is 5.26 Å². The third kappa shape index (κ3) is 3.70. The molecule has 0 aliphatic heterocycles. The van der Waals surface area contributed by atoms with Crippen LogP contribution in [-0.2, 0) is 0 Å². The van der Waals surface area contributed by atoms with E-state index in [0.717, 1.165) is 5.56 Å². The maximum atomic E-state index is 12.1. The number of aromatic nitrogens is 2. The summed E-state index contributed by atoms with van der Waals surface area (Å²) in [4.78, 5) is 20.2. The first-order valence-electron chi connectivity index (χ1n) is 6.76. The second kappa shape index (κ2) is 7.04. The number of urea groups is 1. The van der Waals surface area contributed by atoms with Crippen LogP contribution in [0.3, 0.4) is 0 Å².